The van der Waals surface area contributed by atoms with Crippen molar-refractivity contribution in [3.8, 4) is 11.4 Å². The molecule has 0 atom stereocenters. The number of ether oxygens (including phenoxy) is 1. The fraction of sp³-hybridized carbons (Fsp3) is 0.450. The first kappa shape index (κ1) is 18.6. The highest BCUT2D eigenvalue weighted by Crippen LogP contribution is 2.31. The molecule has 1 heterocycles. The number of hydrogen-bond donors (Lipinski definition) is 1. The van der Waals surface area contributed by atoms with E-state index in [1.54, 1.807) is 0 Å². The van der Waals surface area contributed by atoms with Gasteiger partial charge in [0, 0.05) is 17.1 Å². The standard InChI is InChI=1S/C20H24ClN3O2/c1-12(2)10-16-17(20(25)26-3)19(22-11-13-4-5-13)24-18(23-16)14-6-8-15(21)9-7-14/h6-9,12-13H,4-5,10-11H2,1-3H3,(H,22,23,24). The minimum atomic E-state index is -0.401. The lowest BCUT2D eigenvalue weighted by molar-refractivity contribution is 0.0599. The molecule has 1 fully saturated rings. The molecule has 5 nitrogen and oxygen atoms in total. The predicted octanol–water partition coefficient (Wildman–Crippen LogP) is 4.60. The first-order valence-electron chi connectivity index (χ1n) is 8.97. The summed E-state index contributed by atoms with van der Waals surface area (Å²) >= 11 is 5.99. The van der Waals surface area contributed by atoms with Crippen molar-refractivity contribution in [2.45, 2.75) is 33.1 Å². The zero-order chi connectivity index (χ0) is 18.7. The van der Waals surface area contributed by atoms with Crippen molar-refractivity contribution in [3.63, 3.8) is 0 Å². The SMILES string of the molecule is COC(=O)c1c(CC(C)C)nc(-c2ccc(Cl)cc2)nc1NCC1CC1. The second kappa shape index (κ2) is 8.04. The van der Waals surface area contributed by atoms with Gasteiger partial charge in [-0.15, -0.1) is 0 Å². The van der Waals surface area contributed by atoms with Crippen LogP contribution in [0.2, 0.25) is 5.02 Å². The highest BCUT2D eigenvalue weighted by Gasteiger charge is 2.26. The van der Waals surface area contributed by atoms with Gasteiger partial charge in [0.1, 0.15) is 11.4 Å². The number of aromatic nitrogens is 2. The van der Waals surface area contributed by atoms with Gasteiger partial charge in [-0.1, -0.05) is 25.4 Å². The van der Waals surface area contributed by atoms with E-state index in [2.05, 4.69) is 24.1 Å². The van der Waals surface area contributed by atoms with Gasteiger partial charge in [0.15, 0.2) is 5.82 Å². The van der Waals surface area contributed by atoms with Crippen molar-refractivity contribution in [1.82, 2.24) is 9.97 Å². The van der Waals surface area contributed by atoms with Crippen LogP contribution in [0.1, 0.15) is 42.7 Å². The first-order chi connectivity index (χ1) is 12.5. The summed E-state index contributed by atoms with van der Waals surface area (Å²) in [5, 5.41) is 4.01. The Balaban J connectivity index is 2.07. The number of halogens is 1. The Labute approximate surface area is 159 Å². The molecule has 1 aromatic heterocycles. The number of esters is 1. The Morgan fingerprint density at radius 2 is 1.96 bits per heavy atom. The lowest BCUT2D eigenvalue weighted by Gasteiger charge is -2.16. The van der Waals surface area contributed by atoms with Gasteiger partial charge in [-0.05, 0) is 55.4 Å². The molecule has 26 heavy (non-hydrogen) atoms. The van der Waals surface area contributed by atoms with Crippen LogP contribution >= 0.6 is 11.6 Å². The number of hydrogen-bond acceptors (Lipinski definition) is 5. The van der Waals surface area contributed by atoms with Crippen molar-refractivity contribution in [3.05, 3.63) is 40.5 Å². The number of carbonyl (C=O) groups is 1. The van der Waals surface area contributed by atoms with Crippen molar-refractivity contribution < 1.29 is 9.53 Å². The summed E-state index contributed by atoms with van der Waals surface area (Å²) in [7, 11) is 1.39. The Morgan fingerprint density at radius 1 is 1.27 bits per heavy atom. The number of rotatable bonds is 7. The van der Waals surface area contributed by atoms with Crippen molar-refractivity contribution in [1.29, 1.82) is 0 Å². The third-order valence-corrected chi connectivity index (χ3v) is 4.58. The molecule has 138 valence electrons. The van der Waals surface area contributed by atoms with Gasteiger partial charge < -0.3 is 10.1 Å². The highest BCUT2D eigenvalue weighted by molar-refractivity contribution is 6.30. The summed E-state index contributed by atoms with van der Waals surface area (Å²) in [6.45, 7) is 5.01. The summed E-state index contributed by atoms with van der Waals surface area (Å²) in [6, 6.07) is 7.40. The zero-order valence-corrected chi connectivity index (χ0v) is 16.1. The van der Waals surface area contributed by atoms with E-state index >= 15 is 0 Å². The summed E-state index contributed by atoms with van der Waals surface area (Å²) in [5.41, 5.74) is 2.02. The monoisotopic (exact) mass is 373 g/mol. The van der Waals surface area contributed by atoms with Crippen LogP contribution in [0.5, 0.6) is 0 Å². The van der Waals surface area contributed by atoms with E-state index in [0.717, 1.165) is 12.1 Å². The van der Waals surface area contributed by atoms with Gasteiger partial charge >= 0.3 is 5.97 Å². The second-order valence-corrected chi connectivity index (χ2v) is 7.57. The van der Waals surface area contributed by atoms with E-state index < -0.39 is 5.97 Å². The smallest absolute Gasteiger partial charge is 0.343 e. The summed E-state index contributed by atoms with van der Waals surface area (Å²) in [6.07, 6.45) is 3.11. The number of nitrogens with one attached hydrogen (secondary N) is 1. The van der Waals surface area contributed by atoms with E-state index in [-0.39, 0.29) is 0 Å². The molecule has 1 aromatic carbocycles. The summed E-state index contributed by atoms with van der Waals surface area (Å²) < 4.78 is 5.01. The number of nitrogens with zero attached hydrogens (tertiary/aromatic N) is 2. The average Bonchev–Trinajstić information content (AvgIpc) is 3.43. The van der Waals surface area contributed by atoms with Gasteiger partial charge in [0.05, 0.1) is 12.8 Å². The number of anilines is 1. The maximum Gasteiger partial charge on any atom is 0.343 e. The van der Waals surface area contributed by atoms with Gasteiger partial charge in [-0.2, -0.15) is 0 Å². The number of methoxy groups -OCH3 is 1. The third-order valence-electron chi connectivity index (χ3n) is 4.33. The molecule has 0 unspecified atom stereocenters. The second-order valence-electron chi connectivity index (χ2n) is 7.14. The predicted molar refractivity (Wildman–Crippen MR) is 104 cm³/mol. The lowest BCUT2D eigenvalue weighted by atomic mass is 10.0. The molecule has 0 radical (unpaired) electrons. The fourth-order valence-corrected chi connectivity index (χ4v) is 2.90. The Morgan fingerprint density at radius 3 is 2.54 bits per heavy atom. The number of benzene rings is 1. The largest absolute Gasteiger partial charge is 0.465 e. The van der Waals surface area contributed by atoms with E-state index in [9.17, 15) is 4.79 Å². The molecule has 1 aliphatic carbocycles. The molecule has 3 rings (SSSR count). The molecule has 1 N–H and O–H groups in total. The number of carbonyl (C=O) groups excluding carboxylic acids is 1. The van der Waals surface area contributed by atoms with Crippen LogP contribution in [0.25, 0.3) is 11.4 Å². The lowest BCUT2D eigenvalue weighted by Crippen LogP contribution is -2.18. The van der Waals surface area contributed by atoms with Crippen LogP contribution in [0.3, 0.4) is 0 Å². The van der Waals surface area contributed by atoms with Gasteiger partial charge in [-0.3, -0.25) is 0 Å². The minimum absolute atomic E-state index is 0.350. The molecule has 0 saturated heterocycles. The Kier molecular flexibility index (Phi) is 5.77. The maximum atomic E-state index is 12.4. The van der Waals surface area contributed by atoms with E-state index in [1.165, 1.54) is 20.0 Å². The van der Waals surface area contributed by atoms with Gasteiger partial charge in [0.25, 0.3) is 0 Å². The van der Waals surface area contributed by atoms with Crippen molar-refractivity contribution >= 4 is 23.4 Å². The summed E-state index contributed by atoms with van der Waals surface area (Å²) in [5.74, 6) is 1.75. The molecule has 6 heteroatoms. The molecule has 0 spiro atoms. The maximum absolute atomic E-state index is 12.4. The topological polar surface area (TPSA) is 64.1 Å². The van der Waals surface area contributed by atoms with Crippen LogP contribution in [-0.4, -0.2) is 29.6 Å². The summed E-state index contributed by atoms with van der Waals surface area (Å²) in [4.78, 5) is 21.8. The van der Waals surface area contributed by atoms with Crippen molar-refractivity contribution in [2.24, 2.45) is 11.8 Å². The molecule has 2 aromatic rings. The van der Waals surface area contributed by atoms with Crippen LogP contribution in [0.15, 0.2) is 24.3 Å². The molecule has 1 saturated carbocycles. The van der Waals surface area contributed by atoms with Gasteiger partial charge in [-0.25, -0.2) is 14.8 Å². The molecular weight excluding hydrogens is 350 g/mol. The van der Waals surface area contributed by atoms with E-state index in [1.807, 2.05) is 24.3 Å². The highest BCUT2D eigenvalue weighted by atomic mass is 35.5. The normalized spacial score (nSPS) is 13.7. The molecule has 0 aliphatic heterocycles. The molecular formula is C20H24ClN3O2. The molecule has 0 bridgehead atoms. The Bertz CT molecular complexity index is 786. The quantitative estimate of drug-likeness (QED) is 0.718. The van der Waals surface area contributed by atoms with Gasteiger partial charge in [0.2, 0.25) is 0 Å². The Hall–Kier alpha value is -2.14. The van der Waals surface area contributed by atoms with Crippen LogP contribution in [0, 0.1) is 11.8 Å². The van der Waals surface area contributed by atoms with Crippen LogP contribution < -0.4 is 5.32 Å². The molecule has 1 aliphatic rings. The van der Waals surface area contributed by atoms with E-state index in [0.29, 0.717) is 46.2 Å². The van der Waals surface area contributed by atoms with E-state index in [4.69, 9.17) is 21.3 Å². The van der Waals surface area contributed by atoms with Crippen LogP contribution in [-0.2, 0) is 11.2 Å². The average molecular weight is 374 g/mol. The zero-order valence-electron chi connectivity index (χ0n) is 15.4. The van der Waals surface area contributed by atoms with Crippen LogP contribution in [0.4, 0.5) is 5.82 Å². The fourth-order valence-electron chi connectivity index (χ4n) is 2.78. The van der Waals surface area contributed by atoms with Crippen molar-refractivity contribution in [2.75, 3.05) is 19.0 Å². The molecule has 0 amide bonds. The third kappa shape index (κ3) is 4.52. The minimum Gasteiger partial charge on any atom is -0.465 e. The first-order valence-corrected chi connectivity index (χ1v) is 9.34.